The zero-order chi connectivity index (χ0) is 19.1. The van der Waals surface area contributed by atoms with Crippen LogP contribution in [0.3, 0.4) is 0 Å². The van der Waals surface area contributed by atoms with Crippen molar-refractivity contribution in [1.82, 2.24) is 10.2 Å². The van der Waals surface area contributed by atoms with Gasteiger partial charge in [-0.25, -0.2) is 0 Å². The first-order valence-corrected chi connectivity index (χ1v) is 10.5. The number of hydrogen-bond acceptors (Lipinski definition) is 4. The first kappa shape index (κ1) is 20.3. The molecule has 2 fully saturated rings. The van der Waals surface area contributed by atoms with E-state index in [0.717, 1.165) is 43.0 Å². The highest BCUT2D eigenvalue weighted by atomic mass is 16.3. The van der Waals surface area contributed by atoms with Gasteiger partial charge >= 0.3 is 0 Å². The van der Waals surface area contributed by atoms with E-state index in [1.165, 1.54) is 32.1 Å². The summed E-state index contributed by atoms with van der Waals surface area (Å²) in [6.07, 6.45) is 9.06. The number of nitrogens with zero attached hydrogens (tertiary/aromatic N) is 1. The molecule has 27 heavy (non-hydrogen) atoms. The fourth-order valence-electron chi connectivity index (χ4n) is 4.43. The quantitative estimate of drug-likeness (QED) is 0.654. The maximum Gasteiger partial charge on any atom is 0.255 e. The van der Waals surface area contributed by atoms with E-state index in [2.05, 4.69) is 5.32 Å². The van der Waals surface area contributed by atoms with E-state index in [-0.39, 0.29) is 19.1 Å². The van der Waals surface area contributed by atoms with Crippen LogP contribution in [-0.2, 0) is 17.9 Å². The number of rotatable bonds is 8. The molecule has 1 aliphatic heterocycles. The van der Waals surface area contributed by atoms with Gasteiger partial charge in [-0.15, -0.1) is 0 Å². The molecule has 1 heterocycles. The summed E-state index contributed by atoms with van der Waals surface area (Å²) in [5.74, 6) is 0.647. The van der Waals surface area contributed by atoms with Crippen molar-refractivity contribution in [3.8, 4) is 0 Å². The van der Waals surface area contributed by atoms with Crippen LogP contribution in [0.25, 0.3) is 0 Å². The number of benzene rings is 1. The van der Waals surface area contributed by atoms with E-state index in [1.54, 1.807) is 0 Å². The molecule has 1 atom stereocenters. The molecule has 1 aromatic rings. The van der Waals surface area contributed by atoms with Gasteiger partial charge in [-0.1, -0.05) is 56.4 Å². The smallest absolute Gasteiger partial charge is 0.255 e. The fraction of sp³-hybridized carbons (Fsp3) is 0.682. The van der Waals surface area contributed by atoms with Gasteiger partial charge < -0.3 is 20.4 Å². The minimum absolute atomic E-state index is 0.0403. The standard InChI is InChI=1S/C22H34N2O3/c25-16-20-9-7-19(8-10-20)15-23-17-22(27)12-4-13-24(21(22)26)14-11-18-5-2-1-3-6-18/h7-10,18,23,25,27H,1-6,11-17H2. The Hall–Kier alpha value is -1.43. The molecule has 0 aromatic heterocycles. The summed E-state index contributed by atoms with van der Waals surface area (Å²) in [7, 11) is 0. The first-order chi connectivity index (χ1) is 13.1. The van der Waals surface area contributed by atoms with E-state index in [9.17, 15) is 9.90 Å². The summed E-state index contributed by atoms with van der Waals surface area (Å²) in [4.78, 5) is 14.7. The molecule has 1 aromatic carbocycles. The number of carbonyl (C=O) groups excluding carboxylic acids is 1. The maximum atomic E-state index is 12.9. The van der Waals surface area contributed by atoms with Crippen LogP contribution in [0.4, 0.5) is 0 Å². The summed E-state index contributed by atoms with van der Waals surface area (Å²) in [6.45, 7) is 2.49. The number of likely N-dealkylation sites (tertiary alicyclic amines) is 1. The zero-order valence-corrected chi connectivity index (χ0v) is 16.3. The van der Waals surface area contributed by atoms with Crippen LogP contribution < -0.4 is 5.32 Å². The Bertz CT molecular complexity index is 598. The lowest BCUT2D eigenvalue weighted by Crippen LogP contribution is -2.58. The van der Waals surface area contributed by atoms with E-state index in [1.807, 2.05) is 29.2 Å². The van der Waals surface area contributed by atoms with Crippen molar-refractivity contribution in [3.63, 3.8) is 0 Å². The third kappa shape index (κ3) is 5.53. The van der Waals surface area contributed by atoms with Crippen LogP contribution in [0.5, 0.6) is 0 Å². The van der Waals surface area contributed by atoms with Crippen LogP contribution in [0.2, 0.25) is 0 Å². The van der Waals surface area contributed by atoms with Gasteiger partial charge in [-0.2, -0.15) is 0 Å². The van der Waals surface area contributed by atoms with Crippen LogP contribution in [-0.4, -0.2) is 46.3 Å². The summed E-state index contributed by atoms with van der Waals surface area (Å²) in [5.41, 5.74) is 0.678. The van der Waals surface area contributed by atoms with E-state index in [0.29, 0.717) is 13.0 Å². The summed E-state index contributed by atoms with van der Waals surface area (Å²) < 4.78 is 0. The number of piperidine rings is 1. The molecule has 3 rings (SSSR count). The van der Waals surface area contributed by atoms with Crippen LogP contribution in [0, 0.1) is 5.92 Å². The number of aliphatic hydroxyl groups is 2. The van der Waals surface area contributed by atoms with Crippen molar-refractivity contribution in [3.05, 3.63) is 35.4 Å². The number of nitrogens with one attached hydrogen (secondary N) is 1. The molecular weight excluding hydrogens is 340 g/mol. The van der Waals surface area contributed by atoms with Gasteiger partial charge in [-0.3, -0.25) is 4.79 Å². The molecule has 1 unspecified atom stereocenters. The fourth-order valence-corrected chi connectivity index (χ4v) is 4.43. The predicted molar refractivity (Wildman–Crippen MR) is 106 cm³/mol. The summed E-state index contributed by atoms with van der Waals surface area (Å²) >= 11 is 0. The van der Waals surface area contributed by atoms with Crippen molar-refractivity contribution in [2.45, 2.75) is 70.1 Å². The molecule has 0 bridgehead atoms. The summed E-state index contributed by atoms with van der Waals surface area (Å²) in [5, 5.41) is 23.3. The third-order valence-electron chi connectivity index (χ3n) is 6.19. The lowest BCUT2D eigenvalue weighted by molar-refractivity contribution is -0.156. The molecule has 0 radical (unpaired) electrons. The Morgan fingerprint density at radius 3 is 2.48 bits per heavy atom. The molecular formula is C22H34N2O3. The Morgan fingerprint density at radius 2 is 1.78 bits per heavy atom. The van der Waals surface area contributed by atoms with Gasteiger partial charge in [0.25, 0.3) is 5.91 Å². The number of carbonyl (C=O) groups is 1. The first-order valence-electron chi connectivity index (χ1n) is 10.5. The van der Waals surface area contributed by atoms with E-state index in [4.69, 9.17) is 5.11 Å². The van der Waals surface area contributed by atoms with Gasteiger partial charge in [0.05, 0.1) is 6.61 Å². The van der Waals surface area contributed by atoms with Gasteiger partial charge in [-0.05, 0) is 36.3 Å². The molecule has 0 spiro atoms. The Morgan fingerprint density at radius 1 is 1.07 bits per heavy atom. The second-order valence-electron chi connectivity index (χ2n) is 8.30. The van der Waals surface area contributed by atoms with Crippen molar-refractivity contribution in [2.24, 2.45) is 5.92 Å². The van der Waals surface area contributed by atoms with Crippen LogP contribution in [0.1, 0.15) is 62.5 Å². The number of aliphatic hydroxyl groups excluding tert-OH is 1. The Balaban J connectivity index is 1.47. The molecule has 1 saturated heterocycles. The average Bonchev–Trinajstić information content (AvgIpc) is 2.70. The molecule has 3 N–H and O–H groups in total. The second kappa shape index (κ2) is 9.67. The second-order valence-corrected chi connectivity index (χ2v) is 8.30. The lowest BCUT2D eigenvalue weighted by Gasteiger charge is -2.39. The molecule has 1 saturated carbocycles. The molecule has 1 amide bonds. The largest absolute Gasteiger partial charge is 0.392 e. The van der Waals surface area contributed by atoms with Gasteiger partial charge in [0.2, 0.25) is 0 Å². The van der Waals surface area contributed by atoms with Crippen molar-refractivity contribution >= 4 is 5.91 Å². The monoisotopic (exact) mass is 374 g/mol. The summed E-state index contributed by atoms with van der Waals surface area (Å²) in [6, 6.07) is 7.71. The number of amides is 1. The average molecular weight is 375 g/mol. The normalized spacial score (nSPS) is 24.4. The molecule has 2 aliphatic rings. The predicted octanol–water partition coefficient (Wildman–Crippen LogP) is 2.59. The molecule has 5 heteroatoms. The number of hydrogen-bond donors (Lipinski definition) is 3. The Kier molecular flexibility index (Phi) is 7.27. The van der Waals surface area contributed by atoms with Crippen molar-refractivity contribution in [2.75, 3.05) is 19.6 Å². The highest BCUT2D eigenvalue weighted by Gasteiger charge is 2.41. The lowest BCUT2D eigenvalue weighted by atomic mass is 9.86. The van der Waals surface area contributed by atoms with Crippen LogP contribution >= 0.6 is 0 Å². The zero-order valence-electron chi connectivity index (χ0n) is 16.3. The highest BCUT2D eigenvalue weighted by Crippen LogP contribution is 2.28. The molecule has 150 valence electrons. The van der Waals surface area contributed by atoms with Crippen molar-refractivity contribution in [1.29, 1.82) is 0 Å². The van der Waals surface area contributed by atoms with Crippen molar-refractivity contribution < 1.29 is 15.0 Å². The SMILES string of the molecule is O=C1N(CCC2CCCCC2)CCCC1(O)CNCc1ccc(CO)cc1. The minimum atomic E-state index is -1.28. The maximum absolute atomic E-state index is 12.9. The highest BCUT2D eigenvalue weighted by molar-refractivity contribution is 5.86. The van der Waals surface area contributed by atoms with Gasteiger partial charge in [0.1, 0.15) is 0 Å². The minimum Gasteiger partial charge on any atom is -0.392 e. The van der Waals surface area contributed by atoms with Gasteiger partial charge in [0, 0.05) is 26.2 Å². The third-order valence-corrected chi connectivity index (χ3v) is 6.19. The van der Waals surface area contributed by atoms with E-state index < -0.39 is 5.60 Å². The topological polar surface area (TPSA) is 72.8 Å². The van der Waals surface area contributed by atoms with Crippen LogP contribution in [0.15, 0.2) is 24.3 Å². The molecule has 1 aliphatic carbocycles. The molecule has 5 nitrogen and oxygen atoms in total. The van der Waals surface area contributed by atoms with E-state index >= 15 is 0 Å². The Labute approximate surface area is 162 Å². The van der Waals surface area contributed by atoms with Gasteiger partial charge in [0.15, 0.2) is 5.60 Å².